The van der Waals surface area contributed by atoms with Crippen LogP contribution < -0.4 is 15.5 Å². The minimum atomic E-state index is -4.76. The molecule has 2 saturated heterocycles. The van der Waals surface area contributed by atoms with Crippen LogP contribution in [0.5, 0.6) is 0 Å². The van der Waals surface area contributed by atoms with Crippen molar-refractivity contribution in [3.05, 3.63) is 18.2 Å². The number of halogens is 3. The molecule has 0 aromatic carbocycles. The number of alkyl halides is 3. The Kier molecular flexibility index (Phi) is 5.29. The fourth-order valence-corrected chi connectivity index (χ4v) is 3.53. The third-order valence-electron chi connectivity index (χ3n) is 5.09. The smallest absolute Gasteiger partial charge is 0.434 e. The number of nitrogen functional groups attached to an aromatic ring is 1. The van der Waals surface area contributed by atoms with Crippen LogP contribution in [0.15, 0.2) is 12.5 Å². The van der Waals surface area contributed by atoms with Crippen molar-refractivity contribution in [2.45, 2.75) is 32.1 Å². The zero-order valence-electron chi connectivity index (χ0n) is 16.8. The van der Waals surface area contributed by atoms with E-state index in [4.69, 9.17) is 15.2 Å². The summed E-state index contributed by atoms with van der Waals surface area (Å²) in [5, 5.41) is 0. The topological polar surface area (TPSA) is 120 Å². The number of carbonyl (C=O) groups excluding carboxylic acids is 1. The van der Waals surface area contributed by atoms with E-state index in [1.807, 2.05) is 6.92 Å². The molecule has 2 aliphatic heterocycles. The number of aromatic nitrogens is 4. The van der Waals surface area contributed by atoms with Crippen LogP contribution in [-0.2, 0) is 15.7 Å². The second-order valence-electron chi connectivity index (χ2n) is 7.31. The van der Waals surface area contributed by atoms with Crippen LogP contribution in [0.2, 0.25) is 0 Å². The van der Waals surface area contributed by atoms with Gasteiger partial charge in [0.15, 0.2) is 11.5 Å². The molecule has 2 aliphatic rings. The Balaban J connectivity index is 1.94. The molecule has 13 heteroatoms. The van der Waals surface area contributed by atoms with E-state index in [2.05, 4.69) is 19.9 Å². The molecule has 1 amide bonds. The Hall–Kier alpha value is -3.22. The van der Waals surface area contributed by atoms with E-state index < -0.39 is 29.6 Å². The average Bonchev–Trinajstić information content (AvgIpc) is 3.06. The highest BCUT2D eigenvalue weighted by Crippen LogP contribution is 2.40. The fraction of sp³-hybridized carbons (Fsp3) is 0.500. The molecule has 166 valence electrons. The monoisotopic (exact) mass is 439 g/mol. The first kappa shape index (κ1) is 21.0. The summed E-state index contributed by atoms with van der Waals surface area (Å²) >= 11 is 0. The minimum Gasteiger partial charge on any atom is -0.447 e. The largest absolute Gasteiger partial charge is 0.447 e. The molecule has 0 radical (unpaired) electrons. The molecular weight excluding hydrogens is 419 g/mol. The van der Waals surface area contributed by atoms with Crippen LogP contribution in [0.4, 0.5) is 35.4 Å². The molecule has 10 nitrogen and oxygen atoms in total. The van der Waals surface area contributed by atoms with Gasteiger partial charge in [-0.2, -0.15) is 18.2 Å². The minimum absolute atomic E-state index is 0.0225. The van der Waals surface area contributed by atoms with Gasteiger partial charge in [0.1, 0.15) is 24.3 Å². The Morgan fingerprint density at radius 2 is 1.97 bits per heavy atom. The highest BCUT2D eigenvalue weighted by Gasteiger charge is 2.39. The van der Waals surface area contributed by atoms with Crippen LogP contribution in [0.1, 0.15) is 19.5 Å². The maximum absolute atomic E-state index is 13.6. The number of amides is 1. The molecule has 2 N–H and O–H groups in total. The lowest BCUT2D eigenvalue weighted by atomic mass is 10.1. The van der Waals surface area contributed by atoms with Crippen molar-refractivity contribution in [1.29, 1.82) is 0 Å². The van der Waals surface area contributed by atoms with Gasteiger partial charge in [-0.1, -0.05) is 0 Å². The van der Waals surface area contributed by atoms with Crippen molar-refractivity contribution in [1.82, 2.24) is 19.9 Å². The number of nitrogens with two attached hydrogens (primary N) is 1. The Labute approximate surface area is 175 Å². The normalized spacial score (nSPS) is 22.0. The number of ether oxygens (including phenoxy) is 2. The predicted octanol–water partition coefficient (Wildman–Crippen LogP) is 2.10. The van der Waals surface area contributed by atoms with Gasteiger partial charge in [-0.3, -0.25) is 4.90 Å². The zero-order valence-corrected chi connectivity index (χ0v) is 16.8. The molecule has 0 spiro atoms. The van der Waals surface area contributed by atoms with Crippen LogP contribution in [0, 0.1) is 0 Å². The number of hydrogen-bond donors (Lipinski definition) is 1. The van der Waals surface area contributed by atoms with Crippen molar-refractivity contribution in [3.8, 4) is 11.3 Å². The van der Waals surface area contributed by atoms with E-state index in [1.165, 1.54) is 4.90 Å². The van der Waals surface area contributed by atoms with E-state index in [0.29, 0.717) is 19.8 Å². The van der Waals surface area contributed by atoms with Gasteiger partial charge in [-0.15, -0.1) is 0 Å². The summed E-state index contributed by atoms with van der Waals surface area (Å²) in [5.41, 5.74) is 4.23. The Morgan fingerprint density at radius 3 is 2.61 bits per heavy atom. The van der Waals surface area contributed by atoms with Gasteiger partial charge in [-0.25, -0.2) is 19.7 Å². The first-order valence-corrected chi connectivity index (χ1v) is 9.54. The van der Waals surface area contributed by atoms with Gasteiger partial charge in [-0.05, 0) is 13.8 Å². The molecule has 4 rings (SSSR count). The number of nitrogens with zero attached hydrogens (tertiary/aromatic N) is 6. The number of anilines is 3. The van der Waals surface area contributed by atoms with Crippen LogP contribution in [-0.4, -0.2) is 64.5 Å². The number of cyclic esters (lactones) is 1. The summed E-state index contributed by atoms with van der Waals surface area (Å²) in [6.07, 6.45) is -3.65. The highest BCUT2D eigenvalue weighted by atomic mass is 19.4. The van der Waals surface area contributed by atoms with Crippen molar-refractivity contribution in [3.63, 3.8) is 0 Å². The zero-order chi connectivity index (χ0) is 22.3. The van der Waals surface area contributed by atoms with E-state index in [9.17, 15) is 18.0 Å². The summed E-state index contributed by atoms with van der Waals surface area (Å²) in [6.45, 7) is 4.90. The lowest BCUT2D eigenvalue weighted by Gasteiger charge is -2.34. The lowest BCUT2D eigenvalue weighted by molar-refractivity contribution is -0.140. The van der Waals surface area contributed by atoms with Gasteiger partial charge in [0, 0.05) is 12.7 Å². The van der Waals surface area contributed by atoms with E-state index in [0.717, 1.165) is 12.5 Å². The highest BCUT2D eigenvalue weighted by molar-refractivity contribution is 5.95. The van der Waals surface area contributed by atoms with Crippen LogP contribution in [0.25, 0.3) is 11.3 Å². The van der Waals surface area contributed by atoms with E-state index in [-0.39, 0.29) is 35.8 Å². The van der Waals surface area contributed by atoms with E-state index >= 15 is 0 Å². The molecule has 31 heavy (non-hydrogen) atoms. The maximum Gasteiger partial charge on any atom is 0.434 e. The second-order valence-corrected chi connectivity index (χ2v) is 7.31. The van der Waals surface area contributed by atoms with Gasteiger partial charge >= 0.3 is 12.3 Å². The number of carbonyl (C=O) groups is 1. The number of morpholine rings is 1. The van der Waals surface area contributed by atoms with Gasteiger partial charge < -0.3 is 20.1 Å². The van der Waals surface area contributed by atoms with Crippen molar-refractivity contribution in [2.24, 2.45) is 0 Å². The summed E-state index contributed by atoms with van der Waals surface area (Å²) < 4.78 is 51.3. The molecule has 2 aromatic heterocycles. The van der Waals surface area contributed by atoms with Crippen LogP contribution in [0.3, 0.4) is 0 Å². The molecule has 2 fully saturated rings. The predicted molar refractivity (Wildman–Crippen MR) is 103 cm³/mol. The summed E-state index contributed by atoms with van der Waals surface area (Å²) in [4.78, 5) is 31.2. The quantitative estimate of drug-likeness (QED) is 0.767. The molecule has 2 atom stereocenters. The fourth-order valence-electron chi connectivity index (χ4n) is 3.53. The Morgan fingerprint density at radius 1 is 1.19 bits per heavy atom. The van der Waals surface area contributed by atoms with Crippen molar-refractivity contribution in [2.75, 3.05) is 41.9 Å². The molecular formula is C18H20F3N7O3. The van der Waals surface area contributed by atoms with Gasteiger partial charge in [0.2, 0.25) is 5.95 Å². The average molecular weight is 439 g/mol. The second kappa shape index (κ2) is 7.80. The summed E-state index contributed by atoms with van der Waals surface area (Å²) in [7, 11) is 0. The number of hydrogen-bond acceptors (Lipinski definition) is 9. The number of rotatable bonds is 3. The maximum atomic E-state index is 13.6. The summed E-state index contributed by atoms with van der Waals surface area (Å²) in [6, 6.07) is -0.559. The molecule has 2 aromatic rings. The van der Waals surface area contributed by atoms with Crippen LogP contribution >= 0.6 is 0 Å². The Bertz CT molecular complexity index is 1000. The van der Waals surface area contributed by atoms with Crippen molar-refractivity contribution >= 4 is 23.5 Å². The molecule has 4 heterocycles. The molecule has 0 unspecified atom stereocenters. The molecule has 0 aliphatic carbocycles. The van der Waals surface area contributed by atoms with Gasteiger partial charge in [0.05, 0.1) is 30.9 Å². The van der Waals surface area contributed by atoms with E-state index in [1.54, 1.807) is 11.8 Å². The van der Waals surface area contributed by atoms with Crippen molar-refractivity contribution < 1.29 is 27.4 Å². The molecule has 0 bridgehead atoms. The summed E-state index contributed by atoms with van der Waals surface area (Å²) in [5.74, 6) is 0.101. The van der Waals surface area contributed by atoms with Gasteiger partial charge in [0.25, 0.3) is 0 Å². The first-order valence-electron chi connectivity index (χ1n) is 9.54. The third-order valence-corrected chi connectivity index (χ3v) is 5.09. The lowest BCUT2D eigenvalue weighted by Crippen LogP contribution is -2.45. The third kappa shape index (κ3) is 3.80. The first-order chi connectivity index (χ1) is 14.7. The standard InChI is InChI=1S/C18H20F3N7O3/c1-9-6-30-4-3-27(9)16-25-13(11-5-23-8-24-14(11)18(19,20)21)12(22)15(26-16)28-10(2)7-31-17(28)29/h5,8-10H,3-4,6-7,22H2,1-2H3/t9-,10-/m0/s1. The molecule has 0 saturated carbocycles. The SMILES string of the molecule is C[C@H]1COCCN1c1nc(-c2cncnc2C(F)(F)F)c(N)c(N2C(=O)OC[C@@H]2C)n1.